The number of alkyl halides is 3. The van der Waals surface area contributed by atoms with Gasteiger partial charge in [-0.15, -0.1) is 25.6 Å². The molecular formula is C7H11ClF3NO. The fraction of sp³-hybridized carbons (Fsp3) is 1.00. The lowest BCUT2D eigenvalue weighted by Gasteiger charge is -2.21. The van der Waals surface area contributed by atoms with E-state index < -0.39 is 12.5 Å². The topological polar surface area (TPSA) is 21.3 Å². The number of ether oxygens (including phenoxy) is 1. The molecule has 1 N–H and O–H groups in total. The van der Waals surface area contributed by atoms with Gasteiger partial charge in [0.05, 0.1) is 6.10 Å². The molecule has 13 heavy (non-hydrogen) atoms. The first-order chi connectivity index (χ1) is 5.54. The summed E-state index contributed by atoms with van der Waals surface area (Å²) in [4.78, 5) is 0. The molecule has 78 valence electrons. The van der Waals surface area contributed by atoms with E-state index in [1.165, 1.54) is 0 Å². The van der Waals surface area contributed by atoms with E-state index in [2.05, 4.69) is 10.1 Å². The van der Waals surface area contributed by atoms with Gasteiger partial charge in [-0.05, 0) is 19.3 Å². The van der Waals surface area contributed by atoms with Crippen LogP contribution in [0.5, 0.6) is 0 Å². The number of rotatable bonds is 1. The van der Waals surface area contributed by atoms with Crippen LogP contribution >= 0.6 is 12.4 Å². The minimum atomic E-state index is -4.48. The first-order valence-electron chi connectivity index (χ1n) is 4.05. The number of fused-ring (bicyclic) bond motifs is 2. The molecule has 0 radical (unpaired) electrons. The van der Waals surface area contributed by atoms with E-state index in [1.807, 2.05) is 0 Å². The van der Waals surface area contributed by atoms with Crippen molar-refractivity contribution in [3.63, 3.8) is 0 Å². The van der Waals surface area contributed by atoms with Gasteiger partial charge in [-0.2, -0.15) is 0 Å². The molecule has 0 aromatic carbocycles. The second-order valence-corrected chi connectivity index (χ2v) is 3.39. The molecule has 1 unspecified atom stereocenters. The maximum absolute atomic E-state index is 11.8. The van der Waals surface area contributed by atoms with Crippen molar-refractivity contribution in [2.45, 2.75) is 43.8 Å². The Bertz CT molecular complexity index is 187. The van der Waals surface area contributed by atoms with Crippen LogP contribution < -0.4 is 5.32 Å². The van der Waals surface area contributed by atoms with Gasteiger partial charge in [-0.25, -0.2) is 0 Å². The quantitative estimate of drug-likeness (QED) is 0.724. The summed E-state index contributed by atoms with van der Waals surface area (Å²) in [6.07, 6.45) is -2.82. The Morgan fingerprint density at radius 2 is 1.92 bits per heavy atom. The van der Waals surface area contributed by atoms with E-state index in [4.69, 9.17) is 0 Å². The van der Waals surface area contributed by atoms with Crippen molar-refractivity contribution in [3.05, 3.63) is 0 Å². The van der Waals surface area contributed by atoms with Crippen molar-refractivity contribution in [1.29, 1.82) is 0 Å². The highest BCUT2D eigenvalue weighted by atomic mass is 35.5. The lowest BCUT2D eigenvalue weighted by atomic mass is 9.98. The molecule has 2 fully saturated rings. The standard InChI is InChI=1S/C7H10F3NO.ClH/c8-7(9,10)12-6-3-4-1-2-5(6)11-4;/h4-6,11H,1-3H2;1H/t4-,5+,6?;/m1./s1. The van der Waals surface area contributed by atoms with Gasteiger partial charge in [-0.1, -0.05) is 0 Å². The molecule has 0 spiro atoms. The fourth-order valence-electron chi connectivity index (χ4n) is 2.08. The van der Waals surface area contributed by atoms with E-state index >= 15 is 0 Å². The zero-order valence-electron chi connectivity index (χ0n) is 6.80. The Labute approximate surface area is 80.2 Å². The summed E-state index contributed by atoms with van der Waals surface area (Å²) in [5.41, 5.74) is 0. The lowest BCUT2D eigenvalue weighted by molar-refractivity contribution is -0.344. The highest BCUT2D eigenvalue weighted by molar-refractivity contribution is 5.85. The molecule has 3 atom stereocenters. The Hall–Kier alpha value is -0.0000000000000000416. The van der Waals surface area contributed by atoms with Gasteiger partial charge in [0.2, 0.25) is 0 Å². The maximum Gasteiger partial charge on any atom is 0.522 e. The number of hydrogen-bond acceptors (Lipinski definition) is 2. The molecule has 0 amide bonds. The van der Waals surface area contributed by atoms with Crippen molar-refractivity contribution < 1.29 is 17.9 Å². The third-order valence-electron chi connectivity index (χ3n) is 2.53. The van der Waals surface area contributed by atoms with Gasteiger partial charge in [0.15, 0.2) is 0 Å². The van der Waals surface area contributed by atoms with Crippen LogP contribution in [-0.2, 0) is 4.74 Å². The van der Waals surface area contributed by atoms with Crippen LogP contribution in [0.3, 0.4) is 0 Å². The number of nitrogens with one attached hydrogen (secondary N) is 1. The third-order valence-corrected chi connectivity index (χ3v) is 2.53. The van der Waals surface area contributed by atoms with E-state index in [0.29, 0.717) is 6.42 Å². The first kappa shape index (κ1) is 11.1. The highest BCUT2D eigenvalue weighted by Crippen LogP contribution is 2.33. The average Bonchev–Trinajstić information content (AvgIpc) is 2.42. The Morgan fingerprint density at radius 3 is 2.31 bits per heavy atom. The van der Waals surface area contributed by atoms with Crippen LogP contribution in [0, 0.1) is 0 Å². The van der Waals surface area contributed by atoms with Gasteiger partial charge in [0.25, 0.3) is 0 Å². The van der Waals surface area contributed by atoms with E-state index in [-0.39, 0.29) is 24.5 Å². The van der Waals surface area contributed by atoms with Crippen LogP contribution in [0.25, 0.3) is 0 Å². The van der Waals surface area contributed by atoms with Crippen LogP contribution in [-0.4, -0.2) is 24.6 Å². The second-order valence-electron chi connectivity index (χ2n) is 3.39. The van der Waals surface area contributed by atoms with Crippen molar-refractivity contribution >= 4 is 12.4 Å². The summed E-state index contributed by atoms with van der Waals surface area (Å²) in [6, 6.07) is 0.180. The normalized spacial score (nSPS) is 37.6. The van der Waals surface area contributed by atoms with Crippen LogP contribution in [0.4, 0.5) is 13.2 Å². The zero-order valence-corrected chi connectivity index (χ0v) is 7.62. The molecule has 0 aromatic heterocycles. The van der Waals surface area contributed by atoms with Crippen LogP contribution in [0.15, 0.2) is 0 Å². The van der Waals surface area contributed by atoms with Gasteiger partial charge < -0.3 is 5.32 Å². The Balaban J connectivity index is 0.000000845. The lowest BCUT2D eigenvalue weighted by Crippen LogP contribution is -2.34. The minimum Gasteiger partial charge on any atom is -0.309 e. The molecule has 2 saturated heterocycles. The molecule has 6 heteroatoms. The molecule has 2 rings (SSSR count). The predicted octanol–water partition coefficient (Wildman–Crippen LogP) is 1.84. The fourth-order valence-corrected chi connectivity index (χ4v) is 2.08. The van der Waals surface area contributed by atoms with Crippen molar-refractivity contribution in [3.8, 4) is 0 Å². The van der Waals surface area contributed by atoms with E-state index in [1.54, 1.807) is 0 Å². The summed E-state index contributed by atoms with van der Waals surface area (Å²) in [5.74, 6) is 0. The summed E-state index contributed by atoms with van der Waals surface area (Å²) < 4.78 is 39.3. The van der Waals surface area contributed by atoms with Crippen molar-refractivity contribution in [2.24, 2.45) is 0 Å². The first-order valence-corrected chi connectivity index (χ1v) is 4.05. The molecule has 2 bridgehead atoms. The monoisotopic (exact) mass is 217 g/mol. The van der Waals surface area contributed by atoms with Crippen molar-refractivity contribution in [2.75, 3.05) is 0 Å². The largest absolute Gasteiger partial charge is 0.522 e. The molecule has 2 aliphatic rings. The average molecular weight is 218 g/mol. The zero-order chi connectivity index (χ0) is 8.77. The van der Waals surface area contributed by atoms with Crippen LogP contribution in [0.2, 0.25) is 0 Å². The molecule has 2 aliphatic heterocycles. The molecule has 0 saturated carbocycles. The van der Waals surface area contributed by atoms with Crippen LogP contribution in [0.1, 0.15) is 19.3 Å². The minimum absolute atomic E-state index is 0. The summed E-state index contributed by atoms with van der Waals surface area (Å²) in [7, 11) is 0. The predicted molar refractivity (Wildman–Crippen MR) is 42.7 cm³/mol. The molecular weight excluding hydrogens is 207 g/mol. The molecule has 0 aliphatic carbocycles. The van der Waals surface area contributed by atoms with E-state index in [0.717, 1.165) is 12.8 Å². The summed E-state index contributed by atoms with van der Waals surface area (Å²) >= 11 is 0. The van der Waals surface area contributed by atoms with Gasteiger partial charge in [0.1, 0.15) is 0 Å². The molecule has 2 nitrogen and oxygen atoms in total. The Morgan fingerprint density at radius 1 is 1.23 bits per heavy atom. The third kappa shape index (κ3) is 2.48. The molecule has 0 aromatic rings. The highest BCUT2D eigenvalue weighted by Gasteiger charge is 2.45. The van der Waals surface area contributed by atoms with E-state index in [9.17, 15) is 13.2 Å². The second kappa shape index (κ2) is 3.63. The molecule has 2 heterocycles. The van der Waals surface area contributed by atoms with Gasteiger partial charge in [-0.3, -0.25) is 4.74 Å². The number of hydrogen-bond donors (Lipinski definition) is 1. The van der Waals surface area contributed by atoms with Crippen molar-refractivity contribution in [1.82, 2.24) is 5.32 Å². The van der Waals surface area contributed by atoms with Gasteiger partial charge in [0, 0.05) is 12.1 Å². The van der Waals surface area contributed by atoms with Gasteiger partial charge >= 0.3 is 6.36 Å². The number of halogens is 4. The maximum atomic E-state index is 11.8. The Kier molecular flexibility index (Phi) is 3.09. The summed E-state index contributed by atoms with van der Waals surface area (Å²) in [6.45, 7) is 0. The summed E-state index contributed by atoms with van der Waals surface area (Å²) in [5, 5.41) is 3.08. The smallest absolute Gasteiger partial charge is 0.309 e. The SMILES string of the molecule is Cl.FC(F)(F)OC1C[C@H]2CC[C@@H]1N2.